The van der Waals surface area contributed by atoms with E-state index >= 15 is 0 Å². The predicted molar refractivity (Wildman–Crippen MR) is 424 cm³/mol. The molecule has 7 heteroatoms. The molecule has 13 rings (SSSR count). The molecule has 6 aliphatic rings. The number of hydrogen-bond acceptors (Lipinski definition) is 3. The van der Waals surface area contributed by atoms with Gasteiger partial charge in [0.15, 0.2) is 0 Å². The van der Waals surface area contributed by atoms with Crippen molar-refractivity contribution in [2.75, 3.05) is 0 Å². The molecule has 2 heterocycles. The Morgan fingerprint density at radius 1 is 0.490 bits per heavy atom. The van der Waals surface area contributed by atoms with Gasteiger partial charge in [0.2, 0.25) is 0 Å². The minimum absolute atomic E-state index is 0. The third-order valence-electron chi connectivity index (χ3n) is 21.7. The van der Waals surface area contributed by atoms with Crippen molar-refractivity contribution in [3.8, 4) is 33.8 Å². The molecule has 0 radical (unpaired) electrons. The summed E-state index contributed by atoms with van der Waals surface area (Å²) in [6, 6.07) is 53.0. The minimum atomic E-state index is -3.14. The fourth-order valence-electron chi connectivity index (χ4n) is 15.6. The summed E-state index contributed by atoms with van der Waals surface area (Å²) in [6.45, 7) is 55.6. The monoisotopic (exact) mass is 1520 g/mol. The van der Waals surface area contributed by atoms with Gasteiger partial charge in [-0.05, 0) is 56.2 Å². The zero-order valence-electron chi connectivity index (χ0n) is 65.6. The van der Waals surface area contributed by atoms with Gasteiger partial charge in [0.05, 0.1) is 5.70 Å². The van der Waals surface area contributed by atoms with Gasteiger partial charge >= 0.3 is 368 Å². The first-order chi connectivity index (χ1) is 46.0. The van der Waals surface area contributed by atoms with Crippen LogP contribution in [0.15, 0.2) is 201 Å². The molecule has 3 nitrogen and oxygen atoms in total. The van der Waals surface area contributed by atoms with Crippen LogP contribution >= 0.6 is 0 Å². The molecule has 7 aromatic rings. The molecule has 526 valence electrons. The van der Waals surface area contributed by atoms with Crippen LogP contribution in [-0.4, -0.2) is 17.5 Å². The molecular weight excluding hydrogens is 1410 g/mol. The zero-order chi connectivity index (χ0) is 73.1. The van der Waals surface area contributed by atoms with E-state index in [1.54, 1.807) is 69.5 Å². The molecule has 3 unspecified atom stereocenters. The number of halogens is 1. The van der Waals surface area contributed by atoms with Crippen molar-refractivity contribution in [3.63, 3.8) is 0 Å². The Balaban J connectivity index is 0.000000189. The largest absolute Gasteiger partial charge is 1.00 e. The first kappa shape index (κ1) is 80.1. The van der Waals surface area contributed by atoms with Gasteiger partial charge in [-0.15, -0.1) is 11.5 Å². The van der Waals surface area contributed by atoms with Crippen molar-refractivity contribution < 1.29 is 67.1 Å². The fourth-order valence-corrected chi connectivity index (χ4v) is 32.0. The third kappa shape index (κ3) is 16.6. The van der Waals surface area contributed by atoms with E-state index in [2.05, 4.69) is 337 Å². The molecule has 100 heavy (non-hydrogen) atoms. The second kappa shape index (κ2) is 30.2. The molecule has 0 spiro atoms. The van der Waals surface area contributed by atoms with E-state index in [0.717, 1.165) is 27.6 Å². The Hall–Kier alpha value is -5.61. The summed E-state index contributed by atoms with van der Waals surface area (Å²) in [7, 11) is -1.17. The Labute approximate surface area is 631 Å². The average molecular weight is 1520 g/mol. The maximum absolute atomic E-state index is 11.7. The van der Waals surface area contributed by atoms with Gasteiger partial charge in [-0.3, -0.25) is 4.99 Å². The average Bonchev–Trinajstić information content (AvgIpc) is 1.53. The Kier molecular flexibility index (Phi) is 24.2. The number of aliphatic imine (C=N–C) groups is 1. The van der Waals surface area contributed by atoms with Gasteiger partial charge in [0, 0.05) is 11.3 Å². The summed E-state index contributed by atoms with van der Waals surface area (Å²) in [4.78, 5) is 4.56. The molecule has 0 saturated carbocycles. The maximum Gasteiger partial charge on any atom is -1.00 e. The van der Waals surface area contributed by atoms with E-state index in [1.165, 1.54) is 89.3 Å². The van der Waals surface area contributed by atoms with Gasteiger partial charge in [0.1, 0.15) is 8.07 Å². The van der Waals surface area contributed by atoms with E-state index in [9.17, 15) is 10.2 Å². The van der Waals surface area contributed by atoms with Crippen LogP contribution in [0.3, 0.4) is 0 Å². The molecule has 0 bridgehead atoms. The number of benzene rings is 7. The van der Waals surface area contributed by atoms with E-state index in [-0.39, 0.29) is 56.4 Å². The van der Waals surface area contributed by atoms with E-state index in [0.29, 0.717) is 7.25 Å². The van der Waals surface area contributed by atoms with Gasteiger partial charge in [-0.25, -0.2) is 0 Å². The predicted octanol–water partition coefficient (Wildman–Crippen LogP) is 21.8. The summed E-state index contributed by atoms with van der Waals surface area (Å²) in [5.74, 6) is 0.297. The quantitative estimate of drug-likeness (QED) is 0.156. The van der Waals surface area contributed by atoms with E-state index in [1.807, 2.05) is 12.1 Å². The molecular formula is C93H115ClNO2SiZr2-3. The van der Waals surface area contributed by atoms with Gasteiger partial charge in [0.25, 0.3) is 0 Å². The smallest absolute Gasteiger partial charge is 1.00 e. The molecule has 2 aliphatic heterocycles. The summed E-state index contributed by atoms with van der Waals surface area (Å²) in [5, 5.41) is 26.7. The molecule has 0 N–H and O–H groups in total. The molecule has 0 amide bonds. The summed E-state index contributed by atoms with van der Waals surface area (Å²) >= 11 is -1.54. The molecule has 0 saturated heterocycles. The first-order valence-corrected chi connectivity index (χ1v) is 47.7. The Morgan fingerprint density at radius 2 is 0.880 bits per heavy atom. The van der Waals surface area contributed by atoms with Crippen LogP contribution in [0.2, 0.25) is 17.7 Å². The van der Waals surface area contributed by atoms with E-state index < -0.39 is 27.9 Å². The summed E-state index contributed by atoms with van der Waals surface area (Å²) < 4.78 is 7.29. The van der Waals surface area contributed by atoms with Gasteiger partial charge < -0.3 is 22.6 Å². The number of fused-ring (bicyclic) bond motifs is 3. The van der Waals surface area contributed by atoms with Crippen LogP contribution in [-0.2, 0) is 77.0 Å². The SMILES string of the molecule is CC(C)(C)c1ccc([O-])c(C(C)(C)C)c1.CC(C)(C)c1ccc([O-])c(C(C)(C)C)c1.CC1=Cc2ccccc2[CH]1[Zr].CC1=NC2=CC=C3C2=C1[Si]3(C)C.C[CH]=[Zr]([CH3])([CH]1C(CC)=Cc2c(-c3ccc(C(C)(C)C)cc3)cccc21)[CH]1C(CC)=Cc2c(-c3ccc(C(C)(C)C)cc3)cccc21.[Cl-]. The Bertz CT molecular complexity index is 4290. The van der Waals surface area contributed by atoms with Crippen molar-refractivity contribution in [3.05, 3.63) is 263 Å². The number of rotatable bonds is 6. The van der Waals surface area contributed by atoms with Crippen LogP contribution in [0.5, 0.6) is 11.5 Å². The van der Waals surface area contributed by atoms with Crippen molar-refractivity contribution >= 4 is 35.7 Å². The second-order valence-electron chi connectivity index (χ2n) is 35.5. The molecule has 4 aliphatic carbocycles. The van der Waals surface area contributed by atoms with Crippen LogP contribution in [0.25, 0.3) is 40.5 Å². The number of nitrogens with zero attached hydrogens (tertiary/aromatic N) is 1. The summed E-state index contributed by atoms with van der Waals surface area (Å²) in [6.07, 6.45) is 14.1. The topological polar surface area (TPSA) is 58.5 Å². The van der Waals surface area contributed by atoms with Crippen LogP contribution in [0, 0.1) is 0 Å². The Morgan fingerprint density at radius 3 is 1.25 bits per heavy atom. The van der Waals surface area contributed by atoms with Crippen molar-refractivity contribution in [2.45, 2.75) is 233 Å². The van der Waals surface area contributed by atoms with E-state index in [4.69, 9.17) is 0 Å². The van der Waals surface area contributed by atoms with Crippen molar-refractivity contribution in [2.24, 2.45) is 4.99 Å². The van der Waals surface area contributed by atoms with Crippen LogP contribution < -0.4 is 22.6 Å². The number of allylic oxidation sites excluding steroid dienone is 7. The van der Waals surface area contributed by atoms with Crippen LogP contribution in [0.1, 0.15) is 250 Å². The fraction of sp³-hybridized carbons (Fsp3) is 0.398. The molecule has 0 aromatic heterocycles. The second-order valence-corrected chi connectivity index (χ2v) is 52.2. The number of hydrogen-bond donors (Lipinski definition) is 0. The normalized spacial score (nSPS) is 18.2. The third-order valence-corrected chi connectivity index (χ3v) is 39.7. The molecule has 0 fully saturated rings. The van der Waals surface area contributed by atoms with Crippen molar-refractivity contribution in [1.29, 1.82) is 0 Å². The molecule has 3 atom stereocenters. The van der Waals surface area contributed by atoms with Crippen molar-refractivity contribution in [1.82, 2.24) is 0 Å². The molecule has 7 aromatic carbocycles. The van der Waals surface area contributed by atoms with Crippen LogP contribution in [0.4, 0.5) is 0 Å². The standard InChI is InChI=1S/2C21H23.2C14H22O.C10H11NSi.C10H9.C2H4.CH3.ClH.2Zr/c2*1-5-15-13-17-7-6-8-19(20(17)14-15)16-9-11-18(12-10-16)21(2,3)4;2*1-13(2,3)10-7-8-12(15)11(9-10)14(4,5)6;1-6-10-9-7(11-6)4-5-8(9)12(10,2)3;1-8-6-9-4-2-3-5-10(9)7-8;1-2;;;;/h2*6-14H,5H2,1-4H3;2*7-9,15H,1-6H3;4-5H,1-3H3;2-7H,1H3;1H,2H3;1H3;1H;;/p-3. The van der Waals surface area contributed by atoms with Gasteiger partial charge in [-0.2, -0.15) is 0 Å². The van der Waals surface area contributed by atoms with Gasteiger partial charge in [-0.1, -0.05) is 150 Å². The minimum Gasteiger partial charge on any atom is -1.00 e. The maximum atomic E-state index is 11.7. The zero-order valence-corrected chi connectivity index (χ0v) is 72.3. The first-order valence-electron chi connectivity index (χ1n) is 36.5. The summed E-state index contributed by atoms with van der Waals surface area (Å²) in [5.41, 5.74) is 30.7.